The van der Waals surface area contributed by atoms with Gasteiger partial charge in [-0.3, -0.25) is 9.78 Å². The predicted octanol–water partition coefficient (Wildman–Crippen LogP) is 4.31. The maximum atomic E-state index is 12.7. The minimum atomic E-state index is -0.260. The van der Waals surface area contributed by atoms with Crippen LogP contribution in [0.5, 0.6) is 5.75 Å². The van der Waals surface area contributed by atoms with E-state index in [1.54, 1.807) is 24.5 Å². The Balaban J connectivity index is 2.38. The Morgan fingerprint density at radius 3 is 2.08 bits per heavy atom. The second kappa shape index (κ2) is 6.87. The van der Waals surface area contributed by atoms with E-state index in [2.05, 4.69) is 10.3 Å². The van der Waals surface area contributed by atoms with Gasteiger partial charge in [0.2, 0.25) is 0 Å². The van der Waals surface area contributed by atoms with Crippen molar-refractivity contribution in [1.29, 1.82) is 0 Å². The van der Waals surface area contributed by atoms with Crippen LogP contribution in [0.2, 0.25) is 0 Å². The summed E-state index contributed by atoms with van der Waals surface area (Å²) < 4.78 is 0. The normalized spacial score (nSPS) is 12.1. The summed E-state index contributed by atoms with van der Waals surface area (Å²) in [5, 5.41) is 13.7. The first-order valence-corrected chi connectivity index (χ1v) is 8.55. The molecule has 25 heavy (non-hydrogen) atoms. The number of nitrogens with one attached hydrogen (secondary N) is 1. The van der Waals surface area contributed by atoms with E-state index in [4.69, 9.17) is 0 Å². The number of carbonyl (C=O) groups excluding carboxylic acids is 1. The molecule has 0 spiro atoms. The first kappa shape index (κ1) is 19.0. The minimum Gasteiger partial charge on any atom is -0.507 e. The van der Waals surface area contributed by atoms with Crippen LogP contribution in [0.3, 0.4) is 0 Å². The standard InChI is InChI=1S/C21H28N2O2/c1-20(2,3)16-10-15(11-17(18(16)24)21(4,5)6)19(25)23-13-14-8-7-9-22-12-14/h7-12,24H,13H2,1-6H3,(H,23,25). The van der Waals surface area contributed by atoms with Gasteiger partial charge in [0, 0.05) is 35.6 Å². The van der Waals surface area contributed by atoms with Gasteiger partial charge in [0.15, 0.2) is 0 Å². The number of pyridine rings is 1. The molecule has 0 bridgehead atoms. The number of phenols is 1. The summed E-state index contributed by atoms with van der Waals surface area (Å²) in [7, 11) is 0. The Morgan fingerprint density at radius 1 is 1.08 bits per heavy atom. The Labute approximate surface area is 150 Å². The predicted molar refractivity (Wildman–Crippen MR) is 101 cm³/mol. The van der Waals surface area contributed by atoms with Gasteiger partial charge in [0.1, 0.15) is 5.75 Å². The highest BCUT2D eigenvalue weighted by Gasteiger charge is 2.27. The molecule has 2 aromatic rings. The summed E-state index contributed by atoms with van der Waals surface area (Å²) in [5.74, 6) is 0.128. The molecule has 0 saturated carbocycles. The summed E-state index contributed by atoms with van der Waals surface area (Å²) in [6.45, 7) is 12.6. The van der Waals surface area contributed by atoms with E-state index in [-0.39, 0.29) is 22.5 Å². The van der Waals surface area contributed by atoms with Gasteiger partial charge in [-0.2, -0.15) is 0 Å². The number of aromatic nitrogens is 1. The summed E-state index contributed by atoms with van der Waals surface area (Å²) in [5.41, 5.74) is 2.56. The van der Waals surface area contributed by atoms with Gasteiger partial charge in [-0.05, 0) is 34.6 Å². The molecule has 1 aromatic carbocycles. The Kier molecular flexibility index (Phi) is 5.21. The lowest BCUT2D eigenvalue weighted by atomic mass is 9.78. The van der Waals surface area contributed by atoms with Crippen molar-refractivity contribution >= 4 is 5.91 Å². The van der Waals surface area contributed by atoms with Crippen molar-refractivity contribution in [2.75, 3.05) is 0 Å². The molecule has 2 N–H and O–H groups in total. The van der Waals surface area contributed by atoms with Crippen LogP contribution in [0.4, 0.5) is 0 Å². The lowest BCUT2D eigenvalue weighted by Crippen LogP contribution is -2.25. The van der Waals surface area contributed by atoms with Crippen molar-refractivity contribution in [3.63, 3.8) is 0 Å². The van der Waals surface area contributed by atoms with Crippen molar-refractivity contribution in [2.45, 2.75) is 58.9 Å². The zero-order chi connectivity index (χ0) is 18.8. The van der Waals surface area contributed by atoms with E-state index in [9.17, 15) is 9.90 Å². The van der Waals surface area contributed by atoms with Crippen LogP contribution in [0, 0.1) is 0 Å². The van der Waals surface area contributed by atoms with E-state index >= 15 is 0 Å². The number of hydrogen-bond donors (Lipinski definition) is 2. The zero-order valence-corrected chi connectivity index (χ0v) is 16.0. The van der Waals surface area contributed by atoms with Crippen molar-refractivity contribution in [2.24, 2.45) is 0 Å². The molecule has 1 amide bonds. The van der Waals surface area contributed by atoms with Crippen LogP contribution >= 0.6 is 0 Å². The van der Waals surface area contributed by atoms with Gasteiger partial charge in [-0.25, -0.2) is 0 Å². The van der Waals surface area contributed by atoms with Gasteiger partial charge in [-0.15, -0.1) is 0 Å². The fraction of sp³-hybridized carbons (Fsp3) is 0.429. The number of carbonyl (C=O) groups is 1. The smallest absolute Gasteiger partial charge is 0.251 e. The van der Waals surface area contributed by atoms with E-state index < -0.39 is 0 Å². The third kappa shape index (κ3) is 4.59. The number of nitrogens with zero attached hydrogens (tertiary/aromatic N) is 1. The molecule has 1 heterocycles. The second-order valence-corrected chi connectivity index (χ2v) is 8.46. The first-order valence-electron chi connectivity index (χ1n) is 8.55. The molecule has 0 atom stereocenters. The molecule has 4 heteroatoms. The van der Waals surface area contributed by atoms with Crippen LogP contribution in [-0.2, 0) is 17.4 Å². The second-order valence-electron chi connectivity index (χ2n) is 8.46. The Hall–Kier alpha value is -2.36. The monoisotopic (exact) mass is 340 g/mol. The molecule has 0 saturated heterocycles. The largest absolute Gasteiger partial charge is 0.507 e. The lowest BCUT2D eigenvalue weighted by Gasteiger charge is -2.28. The molecule has 2 rings (SSSR count). The van der Waals surface area contributed by atoms with Crippen LogP contribution < -0.4 is 5.32 Å². The highest BCUT2D eigenvalue weighted by atomic mass is 16.3. The lowest BCUT2D eigenvalue weighted by molar-refractivity contribution is 0.0950. The third-order valence-electron chi connectivity index (χ3n) is 4.16. The van der Waals surface area contributed by atoms with Crippen LogP contribution in [0.1, 0.15) is 68.6 Å². The fourth-order valence-corrected chi connectivity index (χ4v) is 2.70. The molecule has 0 radical (unpaired) electrons. The van der Waals surface area contributed by atoms with Gasteiger partial charge in [0.25, 0.3) is 5.91 Å². The van der Waals surface area contributed by atoms with Gasteiger partial charge in [0.05, 0.1) is 0 Å². The van der Waals surface area contributed by atoms with Crippen LogP contribution in [-0.4, -0.2) is 16.0 Å². The SMILES string of the molecule is CC(C)(C)c1cc(C(=O)NCc2cccnc2)cc(C(C)(C)C)c1O. The van der Waals surface area contributed by atoms with Crippen LogP contribution in [0.25, 0.3) is 0 Å². The fourth-order valence-electron chi connectivity index (χ4n) is 2.70. The molecule has 1 aromatic heterocycles. The van der Waals surface area contributed by atoms with Crippen molar-refractivity contribution in [3.8, 4) is 5.75 Å². The molecule has 134 valence electrons. The molecule has 4 nitrogen and oxygen atoms in total. The summed E-state index contributed by atoms with van der Waals surface area (Å²) in [4.78, 5) is 16.7. The van der Waals surface area contributed by atoms with Crippen molar-refractivity contribution < 1.29 is 9.90 Å². The summed E-state index contributed by atoms with van der Waals surface area (Å²) in [6, 6.07) is 7.36. The van der Waals surface area contributed by atoms with Gasteiger partial charge >= 0.3 is 0 Å². The van der Waals surface area contributed by atoms with E-state index in [1.165, 1.54) is 0 Å². The first-order chi connectivity index (χ1) is 11.5. The molecule has 0 aliphatic carbocycles. The Morgan fingerprint density at radius 2 is 1.64 bits per heavy atom. The molecule has 0 aliphatic rings. The summed E-state index contributed by atoms with van der Waals surface area (Å²) in [6.07, 6.45) is 3.44. The summed E-state index contributed by atoms with van der Waals surface area (Å²) >= 11 is 0. The topological polar surface area (TPSA) is 62.2 Å². The van der Waals surface area contributed by atoms with E-state index in [0.29, 0.717) is 12.1 Å². The van der Waals surface area contributed by atoms with E-state index in [1.807, 2.05) is 53.7 Å². The highest BCUT2D eigenvalue weighted by Crippen LogP contribution is 2.39. The average Bonchev–Trinajstić information content (AvgIpc) is 2.51. The molecular weight excluding hydrogens is 312 g/mol. The number of benzene rings is 1. The van der Waals surface area contributed by atoms with Crippen molar-refractivity contribution in [3.05, 3.63) is 58.9 Å². The maximum absolute atomic E-state index is 12.7. The quantitative estimate of drug-likeness (QED) is 0.875. The number of phenolic OH excluding ortho intramolecular Hbond substituents is 1. The Bertz CT molecular complexity index is 719. The molecule has 0 aliphatic heterocycles. The average molecular weight is 340 g/mol. The molecule has 0 fully saturated rings. The third-order valence-corrected chi connectivity index (χ3v) is 4.16. The number of hydrogen-bond acceptors (Lipinski definition) is 3. The number of amides is 1. The van der Waals surface area contributed by atoms with E-state index in [0.717, 1.165) is 16.7 Å². The van der Waals surface area contributed by atoms with Crippen molar-refractivity contribution in [1.82, 2.24) is 10.3 Å². The zero-order valence-electron chi connectivity index (χ0n) is 16.0. The van der Waals surface area contributed by atoms with Gasteiger partial charge in [-0.1, -0.05) is 47.6 Å². The highest BCUT2D eigenvalue weighted by molar-refractivity contribution is 5.95. The maximum Gasteiger partial charge on any atom is 0.251 e. The minimum absolute atomic E-state index is 0.153. The molecular formula is C21H28N2O2. The van der Waals surface area contributed by atoms with Gasteiger partial charge < -0.3 is 10.4 Å². The van der Waals surface area contributed by atoms with Crippen LogP contribution in [0.15, 0.2) is 36.7 Å². The molecule has 0 unspecified atom stereocenters. The number of aromatic hydroxyl groups is 1. The number of rotatable bonds is 3.